The van der Waals surface area contributed by atoms with Crippen LogP contribution in [0.1, 0.15) is 5.56 Å². The average molecular weight is 342 g/mol. The van der Waals surface area contributed by atoms with Crippen molar-refractivity contribution in [2.75, 3.05) is 0 Å². The van der Waals surface area contributed by atoms with Gasteiger partial charge in [0.05, 0.1) is 6.21 Å². The van der Waals surface area contributed by atoms with Crippen LogP contribution < -0.4 is 0 Å². The molecule has 4 heteroatoms. The number of fused-ring (bicyclic) bond motifs is 1. The lowest BCUT2D eigenvalue weighted by atomic mass is 9.96. The molecule has 0 atom stereocenters. The molecule has 0 heterocycles. The molecule has 0 bridgehead atoms. The summed E-state index contributed by atoms with van der Waals surface area (Å²) in [4.78, 5) is 0. The molecule has 0 aliphatic heterocycles. The molecule has 0 aliphatic rings. The number of hydrogen-bond acceptors (Lipinski definition) is 3. The summed E-state index contributed by atoms with van der Waals surface area (Å²) in [5.41, 5.74) is 2.10. The smallest absolute Gasteiger partial charge is 0.132 e. The Labute approximate surface area is 130 Å². The van der Waals surface area contributed by atoms with Crippen molar-refractivity contribution in [3.63, 3.8) is 0 Å². The molecule has 21 heavy (non-hydrogen) atoms. The second-order valence-corrected chi connectivity index (χ2v) is 5.49. The van der Waals surface area contributed by atoms with Crippen molar-refractivity contribution in [2.24, 2.45) is 5.16 Å². The van der Waals surface area contributed by atoms with E-state index >= 15 is 0 Å². The van der Waals surface area contributed by atoms with Crippen LogP contribution in [0, 0.1) is 0 Å². The van der Waals surface area contributed by atoms with Gasteiger partial charge in [-0.05, 0) is 23.1 Å². The maximum absolute atomic E-state index is 10.6. The SMILES string of the molecule is O/N=C/c1c(O)c(-c2ccccc2)cc2cccc(Br)c12. The fourth-order valence-corrected chi connectivity index (χ4v) is 3.05. The predicted octanol–water partition coefficient (Wildman–Crippen LogP) is 4.78. The molecule has 0 aromatic heterocycles. The molecule has 3 nitrogen and oxygen atoms in total. The van der Waals surface area contributed by atoms with Crippen molar-refractivity contribution >= 4 is 32.9 Å². The van der Waals surface area contributed by atoms with E-state index in [1.54, 1.807) is 0 Å². The number of phenolic OH excluding ortho intramolecular Hbond substituents is 1. The zero-order valence-corrected chi connectivity index (χ0v) is 12.6. The van der Waals surface area contributed by atoms with E-state index in [9.17, 15) is 5.11 Å². The van der Waals surface area contributed by atoms with Crippen molar-refractivity contribution in [3.05, 3.63) is 64.6 Å². The zero-order valence-electron chi connectivity index (χ0n) is 11.0. The first-order chi connectivity index (χ1) is 10.2. The van der Waals surface area contributed by atoms with Crippen LogP contribution in [0.25, 0.3) is 21.9 Å². The second kappa shape index (κ2) is 5.58. The fraction of sp³-hybridized carbons (Fsp3) is 0. The van der Waals surface area contributed by atoms with Gasteiger partial charge in [0.1, 0.15) is 5.75 Å². The number of nitrogens with zero attached hydrogens (tertiary/aromatic N) is 1. The van der Waals surface area contributed by atoms with Crippen LogP contribution in [-0.2, 0) is 0 Å². The first-order valence-electron chi connectivity index (χ1n) is 6.39. The van der Waals surface area contributed by atoms with E-state index in [-0.39, 0.29) is 5.75 Å². The second-order valence-electron chi connectivity index (χ2n) is 4.63. The summed E-state index contributed by atoms with van der Waals surface area (Å²) in [7, 11) is 0. The molecule has 3 aromatic carbocycles. The topological polar surface area (TPSA) is 52.8 Å². The van der Waals surface area contributed by atoms with E-state index in [0.29, 0.717) is 11.1 Å². The maximum Gasteiger partial charge on any atom is 0.132 e. The Morgan fingerprint density at radius 2 is 1.76 bits per heavy atom. The normalized spacial score (nSPS) is 11.3. The third kappa shape index (κ3) is 2.38. The molecule has 0 unspecified atom stereocenters. The van der Waals surface area contributed by atoms with E-state index in [4.69, 9.17) is 5.21 Å². The van der Waals surface area contributed by atoms with Gasteiger partial charge < -0.3 is 10.3 Å². The van der Waals surface area contributed by atoms with Gasteiger partial charge in [0.15, 0.2) is 0 Å². The Morgan fingerprint density at radius 3 is 2.48 bits per heavy atom. The van der Waals surface area contributed by atoms with Crippen molar-refractivity contribution in [2.45, 2.75) is 0 Å². The lowest BCUT2D eigenvalue weighted by Gasteiger charge is -2.12. The molecule has 0 radical (unpaired) electrons. The summed E-state index contributed by atoms with van der Waals surface area (Å²) in [5, 5.41) is 24.3. The van der Waals surface area contributed by atoms with Gasteiger partial charge in [-0.15, -0.1) is 0 Å². The van der Waals surface area contributed by atoms with Crippen LogP contribution in [0.4, 0.5) is 0 Å². The lowest BCUT2D eigenvalue weighted by Crippen LogP contribution is -1.91. The van der Waals surface area contributed by atoms with Gasteiger partial charge in [0.2, 0.25) is 0 Å². The number of hydrogen-bond donors (Lipinski definition) is 2. The third-order valence-electron chi connectivity index (χ3n) is 3.40. The van der Waals surface area contributed by atoms with Crippen LogP contribution in [0.5, 0.6) is 5.75 Å². The first kappa shape index (κ1) is 13.6. The fourth-order valence-electron chi connectivity index (χ4n) is 2.45. The Kier molecular flexibility index (Phi) is 3.62. The van der Waals surface area contributed by atoms with E-state index < -0.39 is 0 Å². The molecule has 0 saturated heterocycles. The number of rotatable bonds is 2. The summed E-state index contributed by atoms with van der Waals surface area (Å²) >= 11 is 3.48. The number of benzene rings is 3. The minimum absolute atomic E-state index is 0.0957. The van der Waals surface area contributed by atoms with Gasteiger partial charge in [0, 0.05) is 21.0 Å². The van der Waals surface area contributed by atoms with Crippen LogP contribution in [0.2, 0.25) is 0 Å². The van der Waals surface area contributed by atoms with Crippen LogP contribution in [0.15, 0.2) is 64.2 Å². The molecule has 104 valence electrons. The van der Waals surface area contributed by atoms with Gasteiger partial charge in [-0.25, -0.2) is 0 Å². The molecule has 0 spiro atoms. The Morgan fingerprint density at radius 1 is 1.00 bits per heavy atom. The highest BCUT2D eigenvalue weighted by Gasteiger charge is 2.14. The highest BCUT2D eigenvalue weighted by Crippen LogP contribution is 2.39. The number of halogens is 1. The molecule has 3 aromatic rings. The van der Waals surface area contributed by atoms with E-state index in [1.807, 2.05) is 54.6 Å². The standard InChI is InChI=1S/C17H12BrNO2/c18-15-8-4-7-12-9-13(11-5-2-1-3-6-11)17(20)14(10-19-21)16(12)15/h1-10,20-21H/b19-10+. The van der Waals surface area contributed by atoms with E-state index in [2.05, 4.69) is 21.1 Å². The van der Waals surface area contributed by atoms with Gasteiger partial charge in [-0.3, -0.25) is 0 Å². The highest BCUT2D eigenvalue weighted by molar-refractivity contribution is 9.10. The third-order valence-corrected chi connectivity index (χ3v) is 4.06. The molecular weight excluding hydrogens is 330 g/mol. The number of aromatic hydroxyl groups is 1. The molecule has 0 fully saturated rings. The van der Waals surface area contributed by atoms with Crippen LogP contribution in [-0.4, -0.2) is 16.5 Å². The predicted molar refractivity (Wildman–Crippen MR) is 88.1 cm³/mol. The summed E-state index contributed by atoms with van der Waals surface area (Å²) < 4.78 is 0.838. The molecule has 0 saturated carbocycles. The minimum atomic E-state index is 0.0957. The van der Waals surface area contributed by atoms with Gasteiger partial charge in [-0.2, -0.15) is 0 Å². The number of phenols is 1. The average Bonchev–Trinajstić information content (AvgIpc) is 2.51. The largest absolute Gasteiger partial charge is 0.507 e. The first-order valence-corrected chi connectivity index (χ1v) is 7.18. The zero-order chi connectivity index (χ0) is 14.8. The Balaban J connectivity index is 2.41. The summed E-state index contributed by atoms with van der Waals surface area (Å²) in [6.45, 7) is 0. The van der Waals surface area contributed by atoms with Crippen molar-refractivity contribution < 1.29 is 10.3 Å². The van der Waals surface area contributed by atoms with E-state index in [1.165, 1.54) is 6.21 Å². The summed E-state index contributed by atoms with van der Waals surface area (Å²) in [5.74, 6) is 0.0957. The van der Waals surface area contributed by atoms with Crippen LogP contribution >= 0.6 is 15.9 Å². The quantitative estimate of drug-likeness (QED) is 0.400. The van der Waals surface area contributed by atoms with Gasteiger partial charge in [-0.1, -0.05) is 63.6 Å². The molecular formula is C17H12BrNO2. The maximum atomic E-state index is 10.6. The Bertz CT molecular complexity index is 829. The Hall–Kier alpha value is -2.33. The van der Waals surface area contributed by atoms with E-state index in [0.717, 1.165) is 20.8 Å². The van der Waals surface area contributed by atoms with Gasteiger partial charge >= 0.3 is 0 Å². The minimum Gasteiger partial charge on any atom is -0.507 e. The molecule has 0 amide bonds. The summed E-state index contributed by atoms with van der Waals surface area (Å²) in [6, 6.07) is 17.3. The highest BCUT2D eigenvalue weighted by atomic mass is 79.9. The summed E-state index contributed by atoms with van der Waals surface area (Å²) in [6.07, 6.45) is 1.26. The van der Waals surface area contributed by atoms with Crippen molar-refractivity contribution in [1.29, 1.82) is 0 Å². The molecule has 0 aliphatic carbocycles. The van der Waals surface area contributed by atoms with Crippen LogP contribution in [0.3, 0.4) is 0 Å². The molecule has 2 N–H and O–H groups in total. The monoisotopic (exact) mass is 341 g/mol. The lowest BCUT2D eigenvalue weighted by molar-refractivity contribution is 0.321. The number of oxime groups is 1. The molecule has 3 rings (SSSR count). The van der Waals surface area contributed by atoms with Crippen molar-refractivity contribution in [3.8, 4) is 16.9 Å². The van der Waals surface area contributed by atoms with Crippen molar-refractivity contribution in [1.82, 2.24) is 0 Å². The van der Waals surface area contributed by atoms with Gasteiger partial charge in [0.25, 0.3) is 0 Å².